The van der Waals surface area contributed by atoms with Gasteiger partial charge in [-0.25, -0.2) is 23.7 Å². The van der Waals surface area contributed by atoms with E-state index in [0.29, 0.717) is 29.6 Å². The third-order valence-electron chi connectivity index (χ3n) is 5.14. The summed E-state index contributed by atoms with van der Waals surface area (Å²) in [4.78, 5) is 16.4. The van der Waals surface area contributed by atoms with Gasteiger partial charge in [0, 0.05) is 35.0 Å². The van der Waals surface area contributed by atoms with Gasteiger partial charge < -0.3 is 10.1 Å². The first kappa shape index (κ1) is 21.4. The molecule has 2 aromatic carbocycles. The molecule has 0 aliphatic rings. The molecule has 0 spiro atoms. The minimum absolute atomic E-state index is 0.0899. The molecule has 0 saturated heterocycles. The Morgan fingerprint density at radius 2 is 1.74 bits per heavy atom. The Morgan fingerprint density at radius 3 is 2.50 bits per heavy atom. The Bertz CT molecular complexity index is 1430. The average molecular weight is 459 g/mol. The van der Waals surface area contributed by atoms with Crippen LogP contribution in [0.25, 0.3) is 22.3 Å². The van der Waals surface area contributed by atoms with Crippen LogP contribution in [-0.4, -0.2) is 36.3 Å². The Labute approximate surface area is 193 Å². The maximum Gasteiger partial charge on any atom is 0.230 e. The lowest BCUT2D eigenvalue weighted by Gasteiger charge is -2.09. The Balaban J connectivity index is 1.53. The first-order valence-electron chi connectivity index (χ1n) is 10.5. The van der Waals surface area contributed by atoms with Gasteiger partial charge in [0.1, 0.15) is 35.7 Å². The number of pyridine rings is 1. The first-order valence-corrected chi connectivity index (χ1v) is 10.5. The molecule has 170 valence electrons. The minimum Gasteiger partial charge on any atom is -0.494 e. The number of hydrogen-bond acceptors (Lipinski definition) is 7. The maximum atomic E-state index is 14.7. The van der Waals surface area contributed by atoms with Gasteiger partial charge in [0.25, 0.3) is 0 Å². The highest BCUT2D eigenvalue weighted by atomic mass is 19.1. The van der Waals surface area contributed by atoms with Gasteiger partial charge in [-0.1, -0.05) is 18.2 Å². The van der Waals surface area contributed by atoms with Crippen molar-refractivity contribution in [1.82, 2.24) is 29.7 Å². The van der Waals surface area contributed by atoms with Crippen molar-refractivity contribution in [2.75, 3.05) is 11.9 Å². The van der Waals surface area contributed by atoms with Crippen LogP contribution in [0, 0.1) is 11.6 Å². The zero-order valence-corrected chi connectivity index (χ0v) is 18.1. The van der Waals surface area contributed by atoms with Crippen LogP contribution < -0.4 is 10.1 Å². The summed E-state index contributed by atoms with van der Waals surface area (Å²) < 4.78 is 36.2. The molecule has 5 rings (SSSR count). The number of ether oxygens (including phenoxy) is 1. The summed E-state index contributed by atoms with van der Waals surface area (Å²) in [7, 11) is 0. The van der Waals surface area contributed by atoms with Gasteiger partial charge in [0.2, 0.25) is 5.95 Å². The van der Waals surface area contributed by atoms with Crippen LogP contribution in [0.5, 0.6) is 5.75 Å². The molecule has 3 aromatic heterocycles. The van der Waals surface area contributed by atoms with E-state index in [1.807, 2.05) is 24.3 Å². The lowest BCUT2D eigenvalue weighted by atomic mass is 10.1. The number of anilines is 2. The number of benzene rings is 2. The number of para-hydroxylation sites is 1. The van der Waals surface area contributed by atoms with E-state index in [4.69, 9.17) is 4.74 Å². The van der Waals surface area contributed by atoms with Crippen molar-refractivity contribution in [3.05, 3.63) is 84.6 Å². The highest BCUT2D eigenvalue weighted by molar-refractivity contribution is 5.92. The molecule has 0 atom stereocenters. The van der Waals surface area contributed by atoms with Crippen LogP contribution in [0.1, 0.15) is 12.5 Å². The molecule has 0 amide bonds. The van der Waals surface area contributed by atoms with E-state index in [2.05, 4.69) is 30.4 Å². The van der Waals surface area contributed by atoms with Crippen molar-refractivity contribution in [2.45, 2.75) is 13.5 Å². The molecule has 0 unspecified atom stereocenters. The Kier molecular flexibility index (Phi) is 5.77. The zero-order valence-electron chi connectivity index (χ0n) is 18.1. The van der Waals surface area contributed by atoms with Crippen LogP contribution in [0.2, 0.25) is 0 Å². The van der Waals surface area contributed by atoms with Crippen LogP contribution in [0.4, 0.5) is 20.4 Å². The molecule has 0 saturated carbocycles. The molecule has 0 fully saturated rings. The van der Waals surface area contributed by atoms with Gasteiger partial charge in [-0.05, 0) is 25.1 Å². The predicted octanol–water partition coefficient (Wildman–Crippen LogP) is 4.75. The highest BCUT2D eigenvalue weighted by Gasteiger charge is 2.18. The SMILES string of the molecule is CCOc1cc(F)c(Cn2nc(-c3cc(Nc4ncncn4)ccn3)c3ccccc32)c(F)c1. The van der Waals surface area contributed by atoms with E-state index in [9.17, 15) is 8.78 Å². The third kappa shape index (κ3) is 4.25. The first-order chi connectivity index (χ1) is 16.6. The van der Waals surface area contributed by atoms with Crippen molar-refractivity contribution in [3.8, 4) is 17.1 Å². The van der Waals surface area contributed by atoms with E-state index in [1.54, 1.807) is 29.9 Å². The second-order valence-electron chi connectivity index (χ2n) is 7.34. The predicted molar refractivity (Wildman–Crippen MR) is 123 cm³/mol. The molecular weight excluding hydrogens is 440 g/mol. The Morgan fingerprint density at radius 1 is 0.971 bits per heavy atom. The van der Waals surface area contributed by atoms with Gasteiger partial charge in [-0.15, -0.1) is 0 Å². The van der Waals surface area contributed by atoms with Crippen molar-refractivity contribution in [3.63, 3.8) is 0 Å². The normalized spacial score (nSPS) is 11.0. The lowest BCUT2D eigenvalue weighted by Crippen LogP contribution is -2.07. The molecular formula is C24H19F2N7O. The number of nitrogens with one attached hydrogen (secondary N) is 1. The molecule has 34 heavy (non-hydrogen) atoms. The summed E-state index contributed by atoms with van der Waals surface area (Å²) in [5.74, 6) is -0.833. The summed E-state index contributed by atoms with van der Waals surface area (Å²) in [6.45, 7) is 1.98. The standard InChI is InChI=1S/C24H19F2N7O/c1-2-34-16-10-19(25)18(20(26)11-16)12-33-22-6-4-3-5-17(22)23(32-33)21-9-15(7-8-28-21)31-24-29-13-27-14-30-24/h3-11,13-14H,2,12H2,1H3,(H,27,28,29,30,31). The monoisotopic (exact) mass is 459 g/mol. The highest BCUT2D eigenvalue weighted by Crippen LogP contribution is 2.30. The van der Waals surface area contributed by atoms with E-state index in [1.165, 1.54) is 24.8 Å². The summed E-state index contributed by atoms with van der Waals surface area (Å²) >= 11 is 0. The van der Waals surface area contributed by atoms with Crippen molar-refractivity contribution in [1.29, 1.82) is 0 Å². The molecule has 0 aliphatic carbocycles. The zero-order chi connectivity index (χ0) is 23.5. The molecule has 5 aromatic rings. The molecule has 10 heteroatoms. The molecule has 1 N–H and O–H groups in total. The van der Waals surface area contributed by atoms with E-state index in [-0.39, 0.29) is 17.9 Å². The van der Waals surface area contributed by atoms with E-state index >= 15 is 0 Å². The van der Waals surface area contributed by atoms with Gasteiger partial charge in [0.15, 0.2) is 0 Å². The summed E-state index contributed by atoms with van der Waals surface area (Å²) in [6.07, 6.45) is 4.43. The minimum atomic E-state index is -0.689. The van der Waals surface area contributed by atoms with Crippen LogP contribution in [0.3, 0.4) is 0 Å². The van der Waals surface area contributed by atoms with E-state index < -0.39 is 11.6 Å². The maximum absolute atomic E-state index is 14.7. The van der Waals surface area contributed by atoms with Gasteiger partial charge in [-0.3, -0.25) is 9.67 Å². The van der Waals surface area contributed by atoms with Crippen molar-refractivity contribution >= 4 is 22.5 Å². The number of rotatable bonds is 7. The quantitative estimate of drug-likeness (QED) is 0.376. The van der Waals surface area contributed by atoms with Gasteiger partial charge >= 0.3 is 0 Å². The number of nitrogens with zero attached hydrogens (tertiary/aromatic N) is 6. The summed E-state index contributed by atoms with van der Waals surface area (Å²) in [6, 6.07) is 13.4. The fourth-order valence-electron chi connectivity index (χ4n) is 3.64. The molecule has 0 aliphatic heterocycles. The smallest absolute Gasteiger partial charge is 0.230 e. The fraction of sp³-hybridized carbons (Fsp3) is 0.125. The lowest BCUT2D eigenvalue weighted by molar-refractivity contribution is 0.335. The fourth-order valence-corrected chi connectivity index (χ4v) is 3.64. The Hall–Kier alpha value is -4.47. The molecule has 3 heterocycles. The molecule has 0 bridgehead atoms. The van der Waals surface area contributed by atoms with Crippen molar-refractivity contribution in [2.24, 2.45) is 0 Å². The average Bonchev–Trinajstić information content (AvgIpc) is 3.21. The third-order valence-corrected chi connectivity index (χ3v) is 5.14. The van der Waals surface area contributed by atoms with Crippen LogP contribution in [-0.2, 0) is 6.54 Å². The van der Waals surface area contributed by atoms with Gasteiger partial charge in [0.05, 0.1) is 24.4 Å². The molecule has 8 nitrogen and oxygen atoms in total. The molecule has 0 radical (unpaired) electrons. The number of halogens is 2. The largest absolute Gasteiger partial charge is 0.494 e. The topological polar surface area (TPSA) is 90.6 Å². The van der Waals surface area contributed by atoms with Crippen LogP contribution in [0.15, 0.2) is 67.4 Å². The summed E-state index contributed by atoms with van der Waals surface area (Å²) in [5, 5.41) is 8.56. The summed E-state index contributed by atoms with van der Waals surface area (Å²) in [5.41, 5.74) is 2.51. The van der Waals surface area contributed by atoms with Gasteiger partial charge in [-0.2, -0.15) is 5.10 Å². The van der Waals surface area contributed by atoms with Crippen LogP contribution >= 0.6 is 0 Å². The van der Waals surface area contributed by atoms with Crippen molar-refractivity contribution < 1.29 is 13.5 Å². The number of aromatic nitrogens is 6. The number of fused-ring (bicyclic) bond motifs is 1. The second-order valence-corrected chi connectivity index (χ2v) is 7.34. The van der Waals surface area contributed by atoms with E-state index in [0.717, 1.165) is 10.9 Å². The number of hydrogen-bond donors (Lipinski definition) is 1. The second kappa shape index (κ2) is 9.18.